The lowest BCUT2D eigenvalue weighted by atomic mass is 10.3. The number of amides is 1. The second-order valence-corrected chi connectivity index (χ2v) is 4.11. The fraction of sp³-hybridized carbons (Fsp3) is 0.600. The standard InChI is InChI=1S/C5H6N2O3S/c6-4-7-5(8)2-1-3-11(7,9)10/h1-3H2. The molecule has 1 heterocycles. The molecule has 0 N–H and O–H groups in total. The maximum Gasteiger partial charge on any atom is 0.250 e. The highest BCUT2D eigenvalue weighted by atomic mass is 32.2. The molecule has 1 aliphatic rings. The van der Waals surface area contributed by atoms with Crippen LogP contribution in [0.2, 0.25) is 0 Å². The van der Waals surface area contributed by atoms with Crippen molar-refractivity contribution in [2.45, 2.75) is 12.8 Å². The molecule has 0 unspecified atom stereocenters. The molecule has 11 heavy (non-hydrogen) atoms. The summed E-state index contributed by atoms with van der Waals surface area (Å²) in [4.78, 5) is 10.8. The molecule has 0 atom stereocenters. The molecule has 6 heteroatoms. The number of hydrogen-bond donors (Lipinski definition) is 0. The van der Waals surface area contributed by atoms with E-state index >= 15 is 0 Å². The lowest BCUT2D eigenvalue weighted by Crippen LogP contribution is -2.38. The summed E-state index contributed by atoms with van der Waals surface area (Å²) in [6, 6.07) is 0. The SMILES string of the molecule is N#CN1C(=O)CCCS1(=O)=O. The molecule has 0 aliphatic carbocycles. The number of rotatable bonds is 0. The molecule has 1 fully saturated rings. The Morgan fingerprint density at radius 3 is 2.55 bits per heavy atom. The highest BCUT2D eigenvalue weighted by Crippen LogP contribution is 2.12. The fourth-order valence-electron chi connectivity index (χ4n) is 0.872. The summed E-state index contributed by atoms with van der Waals surface area (Å²) in [5.41, 5.74) is 0. The predicted molar refractivity (Wildman–Crippen MR) is 35.5 cm³/mol. The van der Waals surface area contributed by atoms with Gasteiger partial charge in [0.1, 0.15) is 0 Å². The van der Waals surface area contributed by atoms with Gasteiger partial charge in [-0.15, -0.1) is 4.31 Å². The van der Waals surface area contributed by atoms with Crippen LogP contribution in [0.3, 0.4) is 0 Å². The second-order valence-electron chi connectivity index (χ2n) is 2.18. The third kappa shape index (κ3) is 1.33. The van der Waals surface area contributed by atoms with Gasteiger partial charge < -0.3 is 0 Å². The molecular weight excluding hydrogens is 168 g/mol. The molecule has 0 saturated carbocycles. The average molecular weight is 174 g/mol. The molecule has 0 aromatic carbocycles. The molecule has 60 valence electrons. The van der Waals surface area contributed by atoms with Gasteiger partial charge in [0.2, 0.25) is 22.1 Å². The van der Waals surface area contributed by atoms with Gasteiger partial charge in [0.05, 0.1) is 5.75 Å². The molecule has 0 aromatic heterocycles. The van der Waals surface area contributed by atoms with Gasteiger partial charge in [-0.1, -0.05) is 0 Å². The third-order valence-corrected chi connectivity index (χ3v) is 3.03. The van der Waals surface area contributed by atoms with E-state index in [0.717, 1.165) is 0 Å². The van der Waals surface area contributed by atoms with Crippen LogP contribution >= 0.6 is 0 Å². The van der Waals surface area contributed by atoms with Gasteiger partial charge in [-0.2, -0.15) is 5.26 Å². The Labute approximate surface area is 64.3 Å². The second kappa shape index (κ2) is 2.51. The Kier molecular flexibility index (Phi) is 1.83. The van der Waals surface area contributed by atoms with Gasteiger partial charge in [-0.25, -0.2) is 8.42 Å². The van der Waals surface area contributed by atoms with E-state index in [1.165, 1.54) is 6.19 Å². The summed E-state index contributed by atoms with van der Waals surface area (Å²) in [7, 11) is -3.60. The van der Waals surface area contributed by atoms with Crippen LogP contribution < -0.4 is 0 Å². The summed E-state index contributed by atoms with van der Waals surface area (Å²) in [5, 5.41) is 8.27. The molecule has 0 bridgehead atoms. The molecule has 0 spiro atoms. The largest absolute Gasteiger partial charge is 0.273 e. The van der Waals surface area contributed by atoms with E-state index < -0.39 is 15.9 Å². The van der Waals surface area contributed by atoms with Gasteiger partial charge >= 0.3 is 0 Å². The first-order valence-corrected chi connectivity index (χ1v) is 4.64. The van der Waals surface area contributed by atoms with Gasteiger partial charge in [0.25, 0.3) is 0 Å². The van der Waals surface area contributed by atoms with Crippen LogP contribution in [0.4, 0.5) is 0 Å². The first kappa shape index (κ1) is 8.01. The monoisotopic (exact) mass is 174 g/mol. The van der Waals surface area contributed by atoms with E-state index in [-0.39, 0.29) is 16.5 Å². The van der Waals surface area contributed by atoms with Gasteiger partial charge in [-0.3, -0.25) is 4.79 Å². The molecule has 1 amide bonds. The maximum atomic E-state index is 10.9. The Balaban J connectivity index is 3.02. The summed E-state index contributed by atoms with van der Waals surface area (Å²) in [6.07, 6.45) is 1.80. The molecule has 0 radical (unpaired) electrons. The minimum atomic E-state index is -3.60. The summed E-state index contributed by atoms with van der Waals surface area (Å²) in [6.45, 7) is 0. The van der Waals surface area contributed by atoms with E-state index in [2.05, 4.69) is 0 Å². The normalized spacial score (nSPS) is 22.8. The van der Waals surface area contributed by atoms with Crippen molar-refractivity contribution in [3.63, 3.8) is 0 Å². The van der Waals surface area contributed by atoms with Crippen LogP contribution in [-0.4, -0.2) is 24.4 Å². The van der Waals surface area contributed by atoms with Gasteiger partial charge in [0.15, 0.2) is 0 Å². The zero-order valence-corrected chi connectivity index (χ0v) is 6.47. The summed E-state index contributed by atoms with van der Waals surface area (Å²) < 4.78 is 22.1. The van der Waals surface area contributed by atoms with Crippen LogP contribution in [0.5, 0.6) is 0 Å². The molecule has 1 aliphatic heterocycles. The third-order valence-electron chi connectivity index (χ3n) is 1.39. The molecule has 5 nitrogen and oxygen atoms in total. The topological polar surface area (TPSA) is 78.2 Å². The molecule has 0 aromatic rings. The highest BCUT2D eigenvalue weighted by molar-refractivity contribution is 7.89. The van der Waals surface area contributed by atoms with Crippen molar-refractivity contribution < 1.29 is 13.2 Å². The average Bonchev–Trinajstić information content (AvgIpc) is 1.86. The fourth-order valence-corrected chi connectivity index (χ4v) is 2.09. The quantitative estimate of drug-likeness (QED) is 0.460. The van der Waals surface area contributed by atoms with Gasteiger partial charge in [-0.05, 0) is 6.42 Å². The Morgan fingerprint density at radius 2 is 2.18 bits per heavy atom. The molecule has 1 rings (SSSR count). The Hall–Kier alpha value is -1.09. The van der Waals surface area contributed by atoms with Crippen molar-refractivity contribution in [3.05, 3.63) is 0 Å². The Bertz CT molecular complexity index is 313. The van der Waals surface area contributed by atoms with Crippen molar-refractivity contribution in [1.29, 1.82) is 5.26 Å². The van der Waals surface area contributed by atoms with Crippen molar-refractivity contribution in [2.75, 3.05) is 5.75 Å². The zero-order chi connectivity index (χ0) is 8.48. The number of sulfonamides is 1. The zero-order valence-electron chi connectivity index (χ0n) is 5.65. The molecular formula is C5H6N2O3S. The van der Waals surface area contributed by atoms with Crippen molar-refractivity contribution in [1.82, 2.24) is 4.31 Å². The number of carbonyl (C=O) groups excluding carboxylic acids is 1. The predicted octanol–water partition coefficient (Wildman–Crippen LogP) is -0.580. The smallest absolute Gasteiger partial charge is 0.250 e. The van der Waals surface area contributed by atoms with Crippen molar-refractivity contribution in [3.8, 4) is 6.19 Å². The maximum absolute atomic E-state index is 10.9. The van der Waals surface area contributed by atoms with Crippen LogP contribution in [0.1, 0.15) is 12.8 Å². The van der Waals surface area contributed by atoms with E-state index in [1.54, 1.807) is 0 Å². The molecule has 1 saturated heterocycles. The minimum Gasteiger partial charge on any atom is -0.273 e. The summed E-state index contributed by atoms with van der Waals surface area (Å²) in [5.74, 6) is -0.731. The van der Waals surface area contributed by atoms with E-state index in [0.29, 0.717) is 6.42 Å². The van der Waals surface area contributed by atoms with Crippen LogP contribution in [0, 0.1) is 11.5 Å². The Morgan fingerprint density at radius 1 is 1.55 bits per heavy atom. The number of nitrogens with zero attached hydrogens (tertiary/aromatic N) is 2. The van der Waals surface area contributed by atoms with Gasteiger partial charge in [0, 0.05) is 6.42 Å². The number of hydrogen-bond acceptors (Lipinski definition) is 4. The van der Waals surface area contributed by atoms with Crippen LogP contribution in [-0.2, 0) is 14.8 Å². The summed E-state index contributed by atoms with van der Waals surface area (Å²) >= 11 is 0. The number of nitriles is 1. The lowest BCUT2D eigenvalue weighted by molar-refractivity contribution is -0.124. The van der Waals surface area contributed by atoms with Crippen LogP contribution in [0.15, 0.2) is 0 Å². The number of carbonyl (C=O) groups is 1. The van der Waals surface area contributed by atoms with E-state index in [9.17, 15) is 13.2 Å². The first-order chi connectivity index (χ1) is 5.08. The highest BCUT2D eigenvalue weighted by Gasteiger charge is 2.31. The van der Waals surface area contributed by atoms with Crippen LogP contribution in [0.25, 0.3) is 0 Å². The minimum absolute atomic E-state index is 0.105. The van der Waals surface area contributed by atoms with Crippen molar-refractivity contribution >= 4 is 15.9 Å². The van der Waals surface area contributed by atoms with Crippen molar-refractivity contribution in [2.24, 2.45) is 0 Å². The first-order valence-electron chi connectivity index (χ1n) is 3.03. The van der Waals surface area contributed by atoms with E-state index in [4.69, 9.17) is 5.26 Å². The lowest BCUT2D eigenvalue weighted by Gasteiger charge is -2.18. The van der Waals surface area contributed by atoms with E-state index in [1.807, 2.05) is 0 Å².